The minimum Gasteiger partial charge on any atom is -0.496 e. The van der Waals surface area contributed by atoms with Crippen LogP contribution in [0.5, 0.6) is 5.75 Å². The van der Waals surface area contributed by atoms with Crippen LogP contribution in [0, 0.1) is 0 Å². The number of rotatable bonds is 6. The maximum atomic E-state index is 13.0. The van der Waals surface area contributed by atoms with E-state index < -0.39 is 18.4 Å². The van der Waals surface area contributed by atoms with Crippen molar-refractivity contribution in [3.8, 4) is 5.75 Å². The molecule has 0 fully saturated rings. The zero-order valence-electron chi connectivity index (χ0n) is 9.90. The highest BCUT2D eigenvalue weighted by molar-refractivity contribution is 5.66. The lowest BCUT2D eigenvalue weighted by molar-refractivity contribution is -0.137. The second kappa shape index (κ2) is 6.30. The maximum Gasteiger partial charge on any atom is 0.303 e. The summed E-state index contributed by atoms with van der Waals surface area (Å²) < 4.78 is 30.8. The molecule has 0 heterocycles. The number of halogens is 2. The van der Waals surface area contributed by atoms with E-state index in [-0.39, 0.29) is 29.7 Å². The summed E-state index contributed by atoms with van der Waals surface area (Å²) in [6.07, 6.45) is -2.78. The highest BCUT2D eigenvalue weighted by Gasteiger charge is 2.22. The van der Waals surface area contributed by atoms with Crippen molar-refractivity contribution < 1.29 is 23.4 Å². The molecule has 0 aliphatic rings. The third kappa shape index (κ3) is 3.40. The van der Waals surface area contributed by atoms with Crippen LogP contribution in [0.15, 0.2) is 18.2 Å². The molecule has 0 amide bonds. The van der Waals surface area contributed by atoms with Crippen LogP contribution >= 0.6 is 0 Å². The van der Waals surface area contributed by atoms with Crippen molar-refractivity contribution in [2.45, 2.75) is 25.3 Å². The number of aliphatic carboxylic acids is 1. The fraction of sp³-hybridized carbons (Fsp3) is 0.417. The number of hydrogen-bond donors (Lipinski definition) is 2. The summed E-state index contributed by atoms with van der Waals surface area (Å²) in [5.41, 5.74) is 5.71. The summed E-state index contributed by atoms with van der Waals surface area (Å²) in [6, 6.07) is 3.70. The Hall–Kier alpha value is -1.69. The monoisotopic (exact) mass is 259 g/mol. The largest absolute Gasteiger partial charge is 0.496 e. The number of nitrogens with two attached hydrogens (primary N) is 1. The van der Waals surface area contributed by atoms with Crippen LogP contribution in [0.4, 0.5) is 8.78 Å². The van der Waals surface area contributed by atoms with Crippen molar-refractivity contribution in [2.24, 2.45) is 5.73 Å². The van der Waals surface area contributed by atoms with Gasteiger partial charge in [0.15, 0.2) is 0 Å². The SMILES string of the molecule is COc1cccc(C(N)CCC(=O)O)c1C(F)F. The first-order chi connectivity index (χ1) is 8.47. The quantitative estimate of drug-likeness (QED) is 0.823. The number of carbonyl (C=O) groups is 1. The standard InChI is InChI=1S/C12H15F2NO3/c1-18-9-4-2-3-7(11(9)12(13)14)8(15)5-6-10(16)17/h2-4,8,12H,5-6,15H2,1H3,(H,16,17). The van der Waals surface area contributed by atoms with E-state index >= 15 is 0 Å². The van der Waals surface area contributed by atoms with E-state index in [1.807, 2.05) is 0 Å². The molecule has 18 heavy (non-hydrogen) atoms. The average Bonchev–Trinajstić information content (AvgIpc) is 2.34. The predicted molar refractivity (Wildman–Crippen MR) is 61.7 cm³/mol. The summed E-state index contributed by atoms with van der Waals surface area (Å²) in [5, 5.41) is 8.56. The van der Waals surface area contributed by atoms with Gasteiger partial charge >= 0.3 is 5.97 Å². The Morgan fingerprint density at radius 1 is 1.50 bits per heavy atom. The van der Waals surface area contributed by atoms with Gasteiger partial charge < -0.3 is 15.6 Å². The summed E-state index contributed by atoms with van der Waals surface area (Å²) in [6.45, 7) is 0. The van der Waals surface area contributed by atoms with Crippen LogP contribution < -0.4 is 10.5 Å². The van der Waals surface area contributed by atoms with Crippen LogP contribution in [0.25, 0.3) is 0 Å². The summed E-state index contributed by atoms with van der Waals surface area (Å²) >= 11 is 0. The number of hydrogen-bond acceptors (Lipinski definition) is 3. The summed E-state index contributed by atoms with van der Waals surface area (Å²) in [4.78, 5) is 10.4. The van der Waals surface area contributed by atoms with Crippen molar-refractivity contribution in [3.05, 3.63) is 29.3 Å². The molecule has 3 N–H and O–H groups in total. The number of ether oxygens (including phenoxy) is 1. The predicted octanol–water partition coefficient (Wildman–Crippen LogP) is 2.50. The molecule has 0 aliphatic carbocycles. The second-order valence-corrected chi connectivity index (χ2v) is 3.80. The minimum absolute atomic E-state index is 0.0632. The third-order valence-corrected chi connectivity index (χ3v) is 2.61. The zero-order chi connectivity index (χ0) is 13.7. The van der Waals surface area contributed by atoms with Gasteiger partial charge in [-0.15, -0.1) is 0 Å². The molecule has 0 saturated heterocycles. The Kier molecular flexibility index (Phi) is 5.03. The lowest BCUT2D eigenvalue weighted by Crippen LogP contribution is -2.15. The van der Waals surface area contributed by atoms with Crippen molar-refractivity contribution in [1.29, 1.82) is 0 Å². The smallest absolute Gasteiger partial charge is 0.303 e. The van der Waals surface area contributed by atoms with E-state index in [1.54, 1.807) is 6.07 Å². The Bertz CT molecular complexity index is 424. The molecule has 0 bridgehead atoms. The molecule has 0 spiro atoms. The Morgan fingerprint density at radius 3 is 2.67 bits per heavy atom. The third-order valence-electron chi connectivity index (χ3n) is 2.61. The first-order valence-corrected chi connectivity index (χ1v) is 5.39. The maximum absolute atomic E-state index is 13.0. The molecule has 4 nitrogen and oxygen atoms in total. The second-order valence-electron chi connectivity index (χ2n) is 3.80. The molecule has 1 rings (SSSR count). The number of carboxylic acids is 1. The molecule has 0 saturated carbocycles. The topological polar surface area (TPSA) is 72.5 Å². The lowest BCUT2D eigenvalue weighted by Gasteiger charge is -2.18. The van der Waals surface area contributed by atoms with E-state index in [9.17, 15) is 13.6 Å². The van der Waals surface area contributed by atoms with Gasteiger partial charge in [0, 0.05) is 12.5 Å². The van der Waals surface area contributed by atoms with E-state index in [2.05, 4.69) is 0 Å². The van der Waals surface area contributed by atoms with E-state index in [0.717, 1.165) is 0 Å². The van der Waals surface area contributed by atoms with Gasteiger partial charge in [0.25, 0.3) is 6.43 Å². The summed E-state index contributed by atoms with van der Waals surface area (Å²) in [5.74, 6) is -0.944. The number of benzene rings is 1. The van der Waals surface area contributed by atoms with Crippen LogP contribution in [0.2, 0.25) is 0 Å². The normalized spacial score (nSPS) is 12.5. The highest BCUT2D eigenvalue weighted by atomic mass is 19.3. The van der Waals surface area contributed by atoms with Crippen LogP contribution in [-0.4, -0.2) is 18.2 Å². The molecule has 0 aliphatic heterocycles. The fourth-order valence-electron chi connectivity index (χ4n) is 1.73. The van der Waals surface area contributed by atoms with E-state index in [0.29, 0.717) is 0 Å². The van der Waals surface area contributed by atoms with Gasteiger partial charge in [0.1, 0.15) is 5.75 Å². The van der Waals surface area contributed by atoms with Crippen molar-refractivity contribution in [2.75, 3.05) is 7.11 Å². The highest BCUT2D eigenvalue weighted by Crippen LogP contribution is 2.35. The van der Waals surface area contributed by atoms with Crippen molar-refractivity contribution in [1.82, 2.24) is 0 Å². The Labute approximate surface area is 103 Å². The fourth-order valence-corrected chi connectivity index (χ4v) is 1.73. The molecule has 1 aromatic rings. The molecule has 1 atom stereocenters. The van der Waals surface area contributed by atoms with Gasteiger partial charge in [0.2, 0.25) is 0 Å². The summed E-state index contributed by atoms with van der Waals surface area (Å²) in [7, 11) is 1.30. The number of alkyl halides is 2. The Balaban J connectivity index is 3.03. The van der Waals surface area contributed by atoms with Crippen LogP contribution in [0.1, 0.15) is 36.4 Å². The van der Waals surface area contributed by atoms with Crippen LogP contribution in [-0.2, 0) is 4.79 Å². The van der Waals surface area contributed by atoms with Gasteiger partial charge in [-0.05, 0) is 18.1 Å². The Morgan fingerprint density at radius 2 is 2.17 bits per heavy atom. The molecule has 1 unspecified atom stereocenters. The lowest BCUT2D eigenvalue weighted by atomic mass is 9.97. The minimum atomic E-state index is -2.72. The van der Waals surface area contributed by atoms with Crippen molar-refractivity contribution >= 4 is 5.97 Å². The van der Waals surface area contributed by atoms with Gasteiger partial charge in [-0.2, -0.15) is 0 Å². The molecule has 100 valence electrons. The van der Waals surface area contributed by atoms with E-state index in [4.69, 9.17) is 15.6 Å². The molecular weight excluding hydrogens is 244 g/mol. The van der Waals surface area contributed by atoms with Gasteiger partial charge in [-0.3, -0.25) is 4.79 Å². The molecule has 6 heteroatoms. The zero-order valence-corrected chi connectivity index (χ0v) is 9.90. The first-order valence-electron chi connectivity index (χ1n) is 5.39. The van der Waals surface area contributed by atoms with Gasteiger partial charge in [-0.25, -0.2) is 8.78 Å². The van der Waals surface area contributed by atoms with Crippen molar-refractivity contribution in [3.63, 3.8) is 0 Å². The molecule has 0 radical (unpaired) electrons. The van der Waals surface area contributed by atoms with E-state index in [1.165, 1.54) is 19.2 Å². The van der Waals surface area contributed by atoms with Crippen LogP contribution in [0.3, 0.4) is 0 Å². The van der Waals surface area contributed by atoms with Gasteiger partial charge in [0.05, 0.1) is 12.7 Å². The van der Waals surface area contributed by atoms with Gasteiger partial charge in [-0.1, -0.05) is 12.1 Å². The molecule has 1 aromatic carbocycles. The molecule has 0 aromatic heterocycles. The number of methoxy groups -OCH3 is 1. The number of carboxylic acid groups (broad SMARTS) is 1. The molecular formula is C12H15F2NO3. The first kappa shape index (κ1) is 14.4. The average molecular weight is 259 g/mol.